The highest BCUT2D eigenvalue weighted by Crippen LogP contribution is 2.36. The summed E-state index contributed by atoms with van der Waals surface area (Å²) in [6, 6.07) is 2.97. The minimum atomic E-state index is -0.435. The maximum absolute atomic E-state index is 11.3. The minimum absolute atomic E-state index is 0.0357. The third-order valence-corrected chi connectivity index (χ3v) is 3.63. The van der Waals surface area contributed by atoms with Crippen molar-refractivity contribution in [3.05, 3.63) is 33.4 Å². The quantitative estimate of drug-likeness (QED) is 0.661. The molecule has 0 spiro atoms. The molecule has 22 heavy (non-hydrogen) atoms. The third-order valence-electron chi connectivity index (χ3n) is 3.63. The first-order chi connectivity index (χ1) is 10.6. The second-order valence-corrected chi connectivity index (χ2v) is 4.94. The Morgan fingerprint density at radius 3 is 2.68 bits per heavy atom. The molecule has 1 aliphatic heterocycles. The molecule has 1 aromatic rings. The molecule has 1 aromatic carbocycles. The van der Waals surface area contributed by atoms with E-state index >= 15 is 0 Å². The van der Waals surface area contributed by atoms with Crippen molar-refractivity contribution in [2.45, 2.75) is 18.9 Å². The Morgan fingerprint density at radius 1 is 1.41 bits per heavy atom. The number of nitro benzene ring substituents is 1. The minimum Gasteiger partial charge on any atom is -0.493 e. The fourth-order valence-corrected chi connectivity index (χ4v) is 2.51. The summed E-state index contributed by atoms with van der Waals surface area (Å²) in [7, 11) is 2.94. The Labute approximate surface area is 128 Å². The van der Waals surface area contributed by atoms with Gasteiger partial charge in [0.15, 0.2) is 11.5 Å². The van der Waals surface area contributed by atoms with E-state index in [0.717, 1.165) is 18.4 Å². The van der Waals surface area contributed by atoms with E-state index in [2.05, 4.69) is 0 Å². The Balaban J connectivity index is 2.50. The summed E-state index contributed by atoms with van der Waals surface area (Å²) in [5.74, 6) is 0.771. The van der Waals surface area contributed by atoms with Crippen LogP contribution in [0.5, 0.6) is 11.5 Å². The summed E-state index contributed by atoms with van der Waals surface area (Å²) in [4.78, 5) is 10.9. The number of hydrogen-bond acceptors (Lipinski definition) is 6. The van der Waals surface area contributed by atoms with Crippen LogP contribution in [-0.2, 0) is 4.74 Å². The summed E-state index contributed by atoms with van der Waals surface area (Å²) in [5.41, 5.74) is 7.09. The molecule has 120 valence electrons. The van der Waals surface area contributed by atoms with Crippen molar-refractivity contribution in [2.24, 2.45) is 5.73 Å². The van der Waals surface area contributed by atoms with Crippen LogP contribution in [0.15, 0.2) is 17.7 Å². The molecule has 1 aliphatic rings. The first-order valence-corrected chi connectivity index (χ1v) is 7.03. The van der Waals surface area contributed by atoms with Crippen LogP contribution in [-0.4, -0.2) is 38.4 Å². The van der Waals surface area contributed by atoms with Gasteiger partial charge in [-0.2, -0.15) is 0 Å². The van der Waals surface area contributed by atoms with E-state index in [1.807, 2.05) is 0 Å². The van der Waals surface area contributed by atoms with Crippen LogP contribution in [0.2, 0.25) is 0 Å². The van der Waals surface area contributed by atoms with Crippen LogP contribution in [0.3, 0.4) is 0 Å². The summed E-state index contributed by atoms with van der Waals surface area (Å²) in [5, 5.41) is 11.3. The van der Waals surface area contributed by atoms with Crippen LogP contribution in [0.1, 0.15) is 18.4 Å². The van der Waals surface area contributed by atoms with Crippen LogP contribution in [0, 0.1) is 10.1 Å². The number of ether oxygens (including phenoxy) is 3. The highest BCUT2D eigenvalue weighted by Gasteiger charge is 2.22. The standard InChI is InChI=1S/C15H20N2O5/c1-20-13-7-11(12(17(18)19)8-14(13)21-2)6-10-4-3-5-22-15(10)9-16/h6-8,15H,3-5,9,16H2,1-2H3. The maximum Gasteiger partial charge on any atom is 0.280 e. The van der Waals surface area contributed by atoms with Gasteiger partial charge in [0, 0.05) is 13.2 Å². The Hall–Kier alpha value is -2.12. The van der Waals surface area contributed by atoms with Crippen LogP contribution in [0.4, 0.5) is 5.69 Å². The molecule has 2 N–H and O–H groups in total. The lowest BCUT2D eigenvalue weighted by molar-refractivity contribution is -0.385. The smallest absolute Gasteiger partial charge is 0.280 e. The highest BCUT2D eigenvalue weighted by molar-refractivity contribution is 5.68. The van der Waals surface area contributed by atoms with Crippen LogP contribution >= 0.6 is 0 Å². The molecule has 1 fully saturated rings. The SMILES string of the molecule is COc1cc(C=C2CCCOC2CN)c([N+](=O)[O-])cc1OC. The lowest BCUT2D eigenvalue weighted by Gasteiger charge is -2.24. The van der Waals surface area contributed by atoms with E-state index in [1.54, 1.807) is 12.1 Å². The molecule has 0 aliphatic carbocycles. The van der Waals surface area contributed by atoms with E-state index in [9.17, 15) is 10.1 Å². The van der Waals surface area contributed by atoms with E-state index in [0.29, 0.717) is 30.2 Å². The lowest BCUT2D eigenvalue weighted by Crippen LogP contribution is -2.29. The van der Waals surface area contributed by atoms with Gasteiger partial charge in [-0.3, -0.25) is 10.1 Å². The fraction of sp³-hybridized carbons (Fsp3) is 0.467. The summed E-state index contributed by atoms with van der Waals surface area (Å²) in [6.07, 6.45) is 3.27. The number of nitro groups is 1. The molecule has 0 amide bonds. The first-order valence-electron chi connectivity index (χ1n) is 7.03. The molecule has 0 aromatic heterocycles. The van der Waals surface area contributed by atoms with Crippen molar-refractivity contribution in [3.8, 4) is 11.5 Å². The molecular weight excluding hydrogens is 288 g/mol. The molecule has 1 saturated heterocycles. The number of benzene rings is 1. The zero-order valence-corrected chi connectivity index (χ0v) is 12.7. The average molecular weight is 308 g/mol. The maximum atomic E-state index is 11.3. The normalized spacial score (nSPS) is 20.0. The van der Waals surface area contributed by atoms with Gasteiger partial charge < -0.3 is 19.9 Å². The average Bonchev–Trinajstić information content (AvgIpc) is 2.54. The molecule has 0 saturated carbocycles. The van der Waals surface area contributed by atoms with E-state index in [1.165, 1.54) is 20.3 Å². The summed E-state index contributed by atoms with van der Waals surface area (Å²) < 4.78 is 15.9. The van der Waals surface area contributed by atoms with Gasteiger partial charge in [-0.15, -0.1) is 0 Å². The Morgan fingerprint density at radius 2 is 2.09 bits per heavy atom. The van der Waals surface area contributed by atoms with Crippen molar-refractivity contribution >= 4 is 11.8 Å². The Bertz CT molecular complexity index is 586. The van der Waals surface area contributed by atoms with Gasteiger partial charge in [-0.25, -0.2) is 0 Å². The predicted molar refractivity (Wildman–Crippen MR) is 82.2 cm³/mol. The monoisotopic (exact) mass is 308 g/mol. The zero-order valence-electron chi connectivity index (χ0n) is 12.7. The zero-order chi connectivity index (χ0) is 16.1. The number of nitrogens with two attached hydrogens (primary N) is 1. The Kier molecular flexibility index (Phi) is 5.35. The van der Waals surface area contributed by atoms with Gasteiger partial charge in [-0.1, -0.05) is 0 Å². The second-order valence-electron chi connectivity index (χ2n) is 4.94. The fourth-order valence-electron chi connectivity index (χ4n) is 2.51. The van der Waals surface area contributed by atoms with Crippen molar-refractivity contribution in [3.63, 3.8) is 0 Å². The second kappa shape index (κ2) is 7.24. The number of rotatable bonds is 5. The van der Waals surface area contributed by atoms with Crippen LogP contribution < -0.4 is 15.2 Å². The van der Waals surface area contributed by atoms with Crippen molar-refractivity contribution in [2.75, 3.05) is 27.4 Å². The third kappa shape index (κ3) is 3.37. The molecular formula is C15H20N2O5. The molecule has 7 nitrogen and oxygen atoms in total. The van der Waals surface area contributed by atoms with Gasteiger partial charge in [-0.05, 0) is 30.6 Å². The number of nitrogens with zero attached hydrogens (tertiary/aromatic N) is 1. The molecule has 2 rings (SSSR count). The van der Waals surface area contributed by atoms with Crippen molar-refractivity contribution < 1.29 is 19.1 Å². The van der Waals surface area contributed by atoms with E-state index in [4.69, 9.17) is 19.9 Å². The van der Waals surface area contributed by atoms with Gasteiger partial charge in [0.25, 0.3) is 5.69 Å². The topological polar surface area (TPSA) is 96.9 Å². The number of hydrogen-bond donors (Lipinski definition) is 1. The highest BCUT2D eigenvalue weighted by atomic mass is 16.6. The van der Waals surface area contributed by atoms with Gasteiger partial charge in [0.05, 0.1) is 36.9 Å². The molecule has 0 bridgehead atoms. The molecule has 1 heterocycles. The lowest BCUT2D eigenvalue weighted by atomic mass is 9.98. The molecule has 1 atom stereocenters. The van der Waals surface area contributed by atoms with Crippen LogP contribution in [0.25, 0.3) is 6.08 Å². The molecule has 1 unspecified atom stereocenters. The van der Waals surface area contributed by atoms with E-state index in [-0.39, 0.29) is 11.8 Å². The number of methoxy groups -OCH3 is 2. The first kappa shape index (κ1) is 16.3. The largest absolute Gasteiger partial charge is 0.493 e. The summed E-state index contributed by atoms with van der Waals surface area (Å²) in [6.45, 7) is 1.01. The van der Waals surface area contributed by atoms with Crippen molar-refractivity contribution in [1.82, 2.24) is 0 Å². The molecule has 0 radical (unpaired) electrons. The van der Waals surface area contributed by atoms with Crippen molar-refractivity contribution in [1.29, 1.82) is 0 Å². The molecule has 7 heteroatoms. The van der Waals surface area contributed by atoms with Gasteiger partial charge >= 0.3 is 0 Å². The van der Waals surface area contributed by atoms with Gasteiger partial charge in [0.2, 0.25) is 0 Å². The van der Waals surface area contributed by atoms with Gasteiger partial charge in [0.1, 0.15) is 0 Å². The predicted octanol–water partition coefficient (Wildman–Crippen LogP) is 2.13. The van der Waals surface area contributed by atoms with E-state index < -0.39 is 4.92 Å². The summed E-state index contributed by atoms with van der Waals surface area (Å²) >= 11 is 0.